The molecule has 0 radical (unpaired) electrons. The number of alkyl halides is 3. The first kappa shape index (κ1) is 15.5. The standard InChI is InChI=1S/C12H8F3N3O4/c13-12(14,15)9-6-8(1-2-10(9)18(21)22)17-4-3-7(16-17)5-11(19)20/h1-4,6H,5H2,(H,19,20). The van der Waals surface area contributed by atoms with Gasteiger partial charge >= 0.3 is 12.1 Å². The molecule has 0 aliphatic rings. The summed E-state index contributed by atoms with van der Waals surface area (Å²) in [5.41, 5.74) is -2.37. The van der Waals surface area contributed by atoms with Gasteiger partial charge in [-0.1, -0.05) is 0 Å². The van der Waals surface area contributed by atoms with Crippen LogP contribution >= 0.6 is 0 Å². The molecule has 0 unspecified atom stereocenters. The van der Waals surface area contributed by atoms with Crippen molar-refractivity contribution >= 4 is 11.7 Å². The molecule has 0 atom stereocenters. The normalized spacial score (nSPS) is 11.4. The molecule has 22 heavy (non-hydrogen) atoms. The molecule has 0 spiro atoms. The number of hydrogen-bond donors (Lipinski definition) is 1. The van der Waals surface area contributed by atoms with E-state index in [1.807, 2.05) is 0 Å². The van der Waals surface area contributed by atoms with Crippen molar-refractivity contribution in [3.63, 3.8) is 0 Å². The van der Waals surface area contributed by atoms with Gasteiger partial charge in [-0.15, -0.1) is 0 Å². The number of aliphatic carboxylic acids is 1. The fourth-order valence-electron chi connectivity index (χ4n) is 1.81. The third-order valence-electron chi connectivity index (χ3n) is 2.72. The third-order valence-corrected chi connectivity index (χ3v) is 2.72. The number of nitro groups is 1. The van der Waals surface area contributed by atoms with E-state index in [-0.39, 0.29) is 17.8 Å². The highest BCUT2D eigenvalue weighted by Gasteiger charge is 2.38. The highest BCUT2D eigenvalue weighted by atomic mass is 19.4. The second-order valence-corrected chi connectivity index (χ2v) is 4.28. The number of benzene rings is 1. The monoisotopic (exact) mass is 315 g/mol. The van der Waals surface area contributed by atoms with Gasteiger partial charge < -0.3 is 5.11 Å². The molecule has 0 saturated carbocycles. The van der Waals surface area contributed by atoms with Gasteiger partial charge in [0.25, 0.3) is 5.69 Å². The third kappa shape index (κ3) is 3.22. The summed E-state index contributed by atoms with van der Waals surface area (Å²) >= 11 is 0. The summed E-state index contributed by atoms with van der Waals surface area (Å²) in [6, 6.07) is 3.76. The van der Waals surface area contributed by atoms with Gasteiger partial charge in [0.15, 0.2) is 0 Å². The van der Waals surface area contributed by atoms with Crippen molar-refractivity contribution < 1.29 is 28.0 Å². The predicted molar refractivity (Wildman–Crippen MR) is 66.6 cm³/mol. The summed E-state index contributed by atoms with van der Waals surface area (Å²) in [5, 5.41) is 23.1. The Morgan fingerprint density at radius 1 is 1.36 bits per heavy atom. The van der Waals surface area contributed by atoms with Gasteiger partial charge in [-0.2, -0.15) is 18.3 Å². The van der Waals surface area contributed by atoms with E-state index in [0.29, 0.717) is 6.07 Å². The maximum Gasteiger partial charge on any atom is 0.423 e. The molecule has 1 heterocycles. The minimum Gasteiger partial charge on any atom is -0.481 e. The topological polar surface area (TPSA) is 98.3 Å². The molecular formula is C12H8F3N3O4. The van der Waals surface area contributed by atoms with Crippen LogP contribution in [0.4, 0.5) is 18.9 Å². The average molecular weight is 315 g/mol. The molecule has 0 saturated heterocycles. The van der Waals surface area contributed by atoms with E-state index in [4.69, 9.17) is 5.11 Å². The van der Waals surface area contributed by atoms with Crippen LogP contribution in [-0.2, 0) is 17.4 Å². The Morgan fingerprint density at radius 2 is 2.05 bits per heavy atom. The zero-order valence-corrected chi connectivity index (χ0v) is 10.7. The minimum absolute atomic E-state index is 0.0606. The second-order valence-electron chi connectivity index (χ2n) is 4.28. The summed E-state index contributed by atoms with van der Waals surface area (Å²) in [7, 11) is 0. The molecule has 0 fully saturated rings. The van der Waals surface area contributed by atoms with E-state index in [1.165, 1.54) is 12.3 Å². The quantitative estimate of drug-likeness (QED) is 0.690. The molecule has 1 aromatic carbocycles. The van der Waals surface area contributed by atoms with Crippen LogP contribution in [0.3, 0.4) is 0 Å². The largest absolute Gasteiger partial charge is 0.481 e. The van der Waals surface area contributed by atoms with Crippen molar-refractivity contribution in [2.24, 2.45) is 0 Å². The van der Waals surface area contributed by atoms with Gasteiger partial charge in [0.2, 0.25) is 0 Å². The van der Waals surface area contributed by atoms with E-state index in [9.17, 15) is 28.1 Å². The molecule has 10 heteroatoms. The molecule has 1 aromatic heterocycles. The second kappa shape index (κ2) is 5.47. The maximum atomic E-state index is 12.9. The molecule has 7 nitrogen and oxygen atoms in total. The number of carboxylic acid groups (broad SMARTS) is 1. The zero-order chi connectivity index (χ0) is 16.5. The number of nitrogens with zero attached hydrogens (tertiary/aromatic N) is 3. The van der Waals surface area contributed by atoms with Gasteiger partial charge in [0.05, 0.1) is 22.7 Å². The lowest BCUT2D eigenvalue weighted by atomic mass is 10.1. The van der Waals surface area contributed by atoms with Crippen LogP contribution in [-0.4, -0.2) is 25.8 Å². The van der Waals surface area contributed by atoms with Crippen molar-refractivity contribution in [2.75, 3.05) is 0 Å². The Morgan fingerprint density at radius 3 is 2.59 bits per heavy atom. The van der Waals surface area contributed by atoms with Crippen molar-refractivity contribution in [1.29, 1.82) is 0 Å². The number of hydrogen-bond acceptors (Lipinski definition) is 4. The van der Waals surface area contributed by atoms with E-state index in [1.54, 1.807) is 0 Å². The number of rotatable bonds is 4. The average Bonchev–Trinajstić information content (AvgIpc) is 2.84. The molecule has 0 aliphatic heterocycles. The molecule has 116 valence electrons. The molecule has 0 aliphatic carbocycles. The van der Waals surface area contributed by atoms with Crippen LogP contribution in [0.25, 0.3) is 5.69 Å². The van der Waals surface area contributed by atoms with Crippen LogP contribution in [0.15, 0.2) is 30.5 Å². The molecule has 0 bridgehead atoms. The van der Waals surface area contributed by atoms with Gasteiger partial charge in [-0.3, -0.25) is 14.9 Å². The van der Waals surface area contributed by atoms with Crippen LogP contribution in [0.5, 0.6) is 0 Å². The Kier molecular flexibility index (Phi) is 3.85. The first-order valence-electron chi connectivity index (χ1n) is 5.81. The molecule has 0 amide bonds. The molecule has 1 N–H and O–H groups in total. The summed E-state index contributed by atoms with van der Waals surface area (Å²) < 4.78 is 39.6. The molecular weight excluding hydrogens is 307 g/mol. The number of carbonyl (C=O) groups is 1. The van der Waals surface area contributed by atoms with Crippen LogP contribution in [0.2, 0.25) is 0 Å². The van der Waals surface area contributed by atoms with Crippen molar-refractivity contribution in [2.45, 2.75) is 12.6 Å². The van der Waals surface area contributed by atoms with Crippen LogP contribution in [0, 0.1) is 10.1 Å². The first-order valence-corrected chi connectivity index (χ1v) is 5.81. The fourth-order valence-corrected chi connectivity index (χ4v) is 1.81. The van der Waals surface area contributed by atoms with E-state index in [2.05, 4.69) is 5.10 Å². The number of carboxylic acids is 1. The van der Waals surface area contributed by atoms with E-state index in [0.717, 1.165) is 16.8 Å². The minimum atomic E-state index is -4.89. The van der Waals surface area contributed by atoms with E-state index < -0.39 is 28.3 Å². The Bertz CT molecular complexity index is 739. The first-order chi connectivity index (χ1) is 10.2. The van der Waals surface area contributed by atoms with E-state index >= 15 is 0 Å². The van der Waals surface area contributed by atoms with Gasteiger partial charge in [0, 0.05) is 12.3 Å². The van der Waals surface area contributed by atoms with Gasteiger partial charge in [0.1, 0.15) is 5.56 Å². The number of halogens is 3. The highest BCUT2D eigenvalue weighted by molar-refractivity contribution is 5.69. The van der Waals surface area contributed by atoms with Crippen LogP contribution < -0.4 is 0 Å². The Balaban J connectivity index is 2.46. The summed E-state index contributed by atoms with van der Waals surface area (Å²) in [6.07, 6.45) is -4.00. The Hall–Kier alpha value is -2.91. The van der Waals surface area contributed by atoms with Crippen molar-refractivity contribution in [1.82, 2.24) is 9.78 Å². The summed E-state index contributed by atoms with van der Waals surface area (Å²) in [5.74, 6) is -1.13. The van der Waals surface area contributed by atoms with Gasteiger partial charge in [-0.25, -0.2) is 4.68 Å². The van der Waals surface area contributed by atoms with Crippen molar-refractivity contribution in [3.8, 4) is 5.69 Å². The number of aromatic nitrogens is 2. The Labute approximate surface area is 120 Å². The number of nitro benzene ring substituents is 1. The molecule has 2 aromatic rings. The smallest absolute Gasteiger partial charge is 0.423 e. The SMILES string of the molecule is O=C(O)Cc1ccn(-c2ccc([N+](=O)[O-])c(C(F)(F)F)c2)n1. The lowest BCUT2D eigenvalue weighted by Crippen LogP contribution is -2.10. The summed E-state index contributed by atoms with van der Waals surface area (Å²) in [6.45, 7) is 0. The highest BCUT2D eigenvalue weighted by Crippen LogP contribution is 2.37. The predicted octanol–water partition coefficient (Wildman–Crippen LogP) is 2.43. The maximum absolute atomic E-state index is 12.9. The summed E-state index contributed by atoms with van der Waals surface area (Å²) in [4.78, 5) is 20.1. The molecule has 2 rings (SSSR count). The van der Waals surface area contributed by atoms with Gasteiger partial charge in [-0.05, 0) is 18.2 Å². The van der Waals surface area contributed by atoms with Crippen LogP contribution in [0.1, 0.15) is 11.3 Å². The lowest BCUT2D eigenvalue weighted by molar-refractivity contribution is -0.388. The fraction of sp³-hybridized carbons (Fsp3) is 0.167. The lowest BCUT2D eigenvalue weighted by Gasteiger charge is -2.09. The van der Waals surface area contributed by atoms with Crippen molar-refractivity contribution in [3.05, 3.63) is 51.8 Å². The zero-order valence-electron chi connectivity index (χ0n) is 10.7.